The molecule has 144 valence electrons. The number of hydrogen-bond acceptors (Lipinski definition) is 4. The number of alkyl halides is 3. The van der Waals surface area contributed by atoms with Crippen molar-refractivity contribution in [3.63, 3.8) is 0 Å². The van der Waals surface area contributed by atoms with E-state index in [1.54, 1.807) is 13.8 Å². The average Bonchev–Trinajstić information content (AvgIpc) is 3.16. The summed E-state index contributed by atoms with van der Waals surface area (Å²) in [4.78, 5) is 23.9. The van der Waals surface area contributed by atoms with Crippen molar-refractivity contribution in [3.8, 4) is 0 Å². The Morgan fingerprint density at radius 3 is 2.16 bits per heavy atom. The van der Waals surface area contributed by atoms with Crippen molar-refractivity contribution in [3.05, 3.63) is 0 Å². The summed E-state index contributed by atoms with van der Waals surface area (Å²) in [5, 5.41) is 0. The molecular formula is C18H27F3O4. The van der Waals surface area contributed by atoms with Crippen LogP contribution in [0.3, 0.4) is 0 Å². The average molecular weight is 364 g/mol. The summed E-state index contributed by atoms with van der Waals surface area (Å²) in [5.74, 6) is -2.85. The highest BCUT2D eigenvalue weighted by atomic mass is 19.4. The largest absolute Gasteiger partial charge is 0.490 e. The Balaban J connectivity index is 2.18. The Morgan fingerprint density at radius 1 is 1.04 bits per heavy atom. The third kappa shape index (κ3) is 4.29. The second kappa shape index (κ2) is 7.16. The quantitative estimate of drug-likeness (QED) is 0.672. The van der Waals surface area contributed by atoms with Gasteiger partial charge in [0.1, 0.15) is 11.7 Å². The Kier molecular flexibility index (Phi) is 5.74. The number of rotatable bonds is 5. The summed E-state index contributed by atoms with van der Waals surface area (Å²) in [6, 6.07) is 0. The molecule has 2 aliphatic carbocycles. The molecule has 25 heavy (non-hydrogen) atoms. The zero-order chi connectivity index (χ0) is 18.9. The second-order valence-electron chi connectivity index (χ2n) is 7.88. The van der Waals surface area contributed by atoms with E-state index in [0.29, 0.717) is 38.5 Å². The number of carbonyl (C=O) groups excluding carboxylic acids is 2. The Bertz CT molecular complexity index is 507. The molecule has 0 aromatic heterocycles. The fraction of sp³-hybridized carbons (Fsp3) is 0.889. The minimum atomic E-state index is -5.00. The van der Waals surface area contributed by atoms with E-state index in [4.69, 9.17) is 9.47 Å². The maximum absolute atomic E-state index is 12.6. The summed E-state index contributed by atoms with van der Waals surface area (Å²) in [5.41, 5.74) is -1.46. The molecule has 2 unspecified atom stereocenters. The smallest absolute Gasteiger partial charge is 0.458 e. The van der Waals surface area contributed by atoms with E-state index in [1.165, 1.54) is 0 Å². The molecule has 2 atom stereocenters. The highest BCUT2D eigenvalue weighted by molar-refractivity contribution is 5.76. The molecule has 0 spiro atoms. The fourth-order valence-electron chi connectivity index (χ4n) is 3.86. The van der Waals surface area contributed by atoms with Crippen LogP contribution in [0, 0.1) is 11.3 Å². The van der Waals surface area contributed by atoms with E-state index in [1.807, 2.05) is 6.92 Å². The first kappa shape index (κ1) is 20.0. The van der Waals surface area contributed by atoms with Crippen LogP contribution in [0.15, 0.2) is 0 Å². The maximum atomic E-state index is 12.6. The Labute approximate surface area is 146 Å². The molecule has 2 aliphatic rings. The van der Waals surface area contributed by atoms with Crippen LogP contribution in [0.25, 0.3) is 0 Å². The molecule has 0 bridgehead atoms. The maximum Gasteiger partial charge on any atom is 0.490 e. The van der Waals surface area contributed by atoms with E-state index in [-0.39, 0.29) is 11.9 Å². The first-order valence-electron chi connectivity index (χ1n) is 9.03. The number of carbonyl (C=O) groups is 2. The molecule has 2 saturated carbocycles. The highest BCUT2D eigenvalue weighted by Gasteiger charge is 2.53. The van der Waals surface area contributed by atoms with Crippen molar-refractivity contribution in [2.75, 3.05) is 0 Å². The lowest BCUT2D eigenvalue weighted by molar-refractivity contribution is -0.212. The zero-order valence-electron chi connectivity index (χ0n) is 15.1. The van der Waals surface area contributed by atoms with Crippen LogP contribution in [-0.4, -0.2) is 29.8 Å². The molecule has 4 nitrogen and oxygen atoms in total. The highest BCUT2D eigenvalue weighted by Crippen LogP contribution is 2.48. The summed E-state index contributed by atoms with van der Waals surface area (Å²) >= 11 is 0. The van der Waals surface area contributed by atoms with E-state index >= 15 is 0 Å². The lowest BCUT2D eigenvalue weighted by atomic mass is 9.81. The first-order chi connectivity index (χ1) is 11.5. The van der Waals surface area contributed by atoms with E-state index in [2.05, 4.69) is 0 Å². The standard InChI is InChI=1S/C18H27F3O4/c1-4-16(2,3)14(22)25-17(10-5-6-11-17)12-8-7-9-13(12)24-15(23)18(19,20)21/h12-13H,4-11H2,1-3H3. The van der Waals surface area contributed by atoms with Gasteiger partial charge in [-0.2, -0.15) is 13.2 Å². The SMILES string of the molecule is CCC(C)(C)C(=O)OC1(C2CCCC2OC(=O)C(F)(F)F)CCCC1. The molecule has 2 fully saturated rings. The van der Waals surface area contributed by atoms with Gasteiger partial charge in [0.25, 0.3) is 0 Å². The molecule has 0 radical (unpaired) electrons. The van der Waals surface area contributed by atoms with Crippen LogP contribution in [0.2, 0.25) is 0 Å². The predicted molar refractivity (Wildman–Crippen MR) is 84.6 cm³/mol. The minimum absolute atomic E-state index is 0.329. The predicted octanol–water partition coefficient (Wildman–Crippen LogP) is 4.55. The molecular weight excluding hydrogens is 337 g/mol. The molecule has 0 aliphatic heterocycles. The van der Waals surface area contributed by atoms with Crippen molar-refractivity contribution in [1.29, 1.82) is 0 Å². The first-order valence-corrected chi connectivity index (χ1v) is 9.03. The van der Waals surface area contributed by atoms with Gasteiger partial charge in [-0.25, -0.2) is 4.79 Å². The lowest BCUT2D eigenvalue weighted by Gasteiger charge is -2.40. The summed E-state index contributed by atoms with van der Waals surface area (Å²) < 4.78 is 48.4. The van der Waals surface area contributed by atoms with Crippen molar-refractivity contribution in [2.24, 2.45) is 11.3 Å². The zero-order valence-corrected chi connectivity index (χ0v) is 15.1. The Morgan fingerprint density at radius 2 is 1.64 bits per heavy atom. The van der Waals surface area contributed by atoms with Gasteiger partial charge >= 0.3 is 18.1 Å². The van der Waals surface area contributed by atoms with Crippen molar-refractivity contribution >= 4 is 11.9 Å². The lowest BCUT2D eigenvalue weighted by Crippen LogP contribution is -2.47. The van der Waals surface area contributed by atoms with Crippen LogP contribution < -0.4 is 0 Å². The molecule has 2 rings (SSSR count). The van der Waals surface area contributed by atoms with Gasteiger partial charge in [0.2, 0.25) is 0 Å². The fourth-order valence-corrected chi connectivity index (χ4v) is 3.86. The number of ether oxygens (including phenoxy) is 2. The summed E-state index contributed by atoms with van der Waals surface area (Å²) in [7, 11) is 0. The number of esters is 2. The van der Waals surface area contributed by atoms with Crippen LogP contribution in [0.1, 0.15) is 72.1 Å². The molecule has 7 heteroatoms. The molecule has 0 N–H and O–H groups in total. The molecule has 0 aromatic carbocycles. The van der Waals surface area contributed by atoms with E-state index < -0.39 is 29.3 Å². The molecule has 0 heterocycles. The van der Waals surface area contributed by atoms with Gasteiger partial charge in [0.05, 0.1) is 5.41 Å². The third-order valence-corrected chi connectivity index (χ3v) is 5.80. The van der Waals surface area contributed by atoms with Gasteiger partial charge in [-0.15, -0.1) is 0 Å². The van der Waals surface area contributed by atoms with Gasteiger partial charge in [-0.3, -0.25) is 4.79 Å². The van der Waals surface area contributed by atoms with E-state index in [9.17, 15) is 22.8 Å². The van der Waals surface area contributed by atoms with Gasteiger partial charge < -0.3 is 9.47 Å². The monoisotopic (exact) mass is 364 g/mol. The van der Waals surface area contributed by atoms with E-state index in [0.717, 1.165) is 12.8 Å². The summed E-state index contributed by atoms with van der Waals surface area (Å²) in [6.07, 6.45) is -0.644. The normalized spacial score (nSPS) is 26.5. The van der Waals surface area contributed by atoms with Crippen LogP contribution in [0.5, 0.6) is 0 Å². The Hall–Kier alpha value is -1.27. The minimum Gasteiger partial charge on any atom is -0.458 e. The summed E-state index contributed by atoms with van der Waals surface area (Å²) in [6.45, 7) is 5.49. The molecule has 0 amide bonds. The van der Waals surface area contributed by atoms with Gasteiger partial charge in [-0.05, 0) is 65.2 Å². The van der Waals surface area contributed by atoms with Crippen LogP contribution in [0.4, 0.5) is 13.2 Å². The molecule has 0 aromatic rings. The second-order valence-corrected chi connectivity index (χ2v) is 7.88. The van der Waals surface area contributed by atoms with Crippen LogP contribution in [-0.2, 0) is 19.1 Å². The van der Waals surface area contributed by atoms with Gasteiger partial charge in [0.15, 0.2) is 0 Å². The van der Waals surface area contributed by atoms with Crippen molar-refractivity contribution in [2.45, 2.75) is 90.0 Å². The third-order valence-electron chi connectivity index (χ3n) is 5.80. The van der Waals surface area contributed by atoms with Gasteiger partial charge in [0, 0.05) is 5.92 Å². The number of hydrogen-bond donors (Lipinski definition) is 0. The number of halogens is 3. The van der Waals surface area contributed by atoms with Crippen molar-refractivity contribution in [1.82, 2.24) is 0 Å². The topological polar surface area (TPSA) is 52.6 Å². The van der Waals surface area contributed by atoms with Crippen LogP contribution >= 0.6 is 0 Å². The van der Waals surface area contributed by atoms with Gasteiger partial charge in [-0.1, -0.05) is 6.92 Å². The van der Waals surface area contributed by atoms with Crippen molar-refractivity contribution < 1.29 is 32.2 Å². The molecule has 0 saturated heterocycles.